The van der Waals surface area contributed by atoms with E-state index in [0.29, 0.717) is 47.4 Å². The number of fused-ring (bicyclic) bond motifs is 1. The first-order valence-corrected chi connectivity index (χ1v) is 13.5. The Kier molecular flexibility index (Phi) is 7.44. The first kappa shape index (κ1) is 24.9. The molecule has 1 atom stereocenters. The van der Waals surface area contributed by atoms with Crippen molar-refractivity contribution >= 4 is 54.2 Å². The number of rotatable bonds is 8. The van der Waals surface area contributed by atoms with E-state index in [9.17, 15) is 13.2 Å². The number of nitrogens with zero attached hydrogens (tertiary/aromatic N) is 4. The number of likely N-dealkylation sites (N-methyl/N-ethyl adjacent to an activating group) is 1. The van der Waals surface area contributed by atoms with Gasteiger partial charge in [-0.15, -0.1) is 0 Å². The molecule has 1 amide bonds. The molecular weight excluding hydrogens is 496 g/mol. The van der Waals surface area contributed by atoms with Gasteiger partial charge in [0.05, 0.1) is 21.7 Å². The SMILES string of the molecule is COc1ccc(S(=O)(=O)N2CCCC2C(=O)N(CCN(C)C)c2nc3c(Cl)cccc3s2)cc1. The molecule has 0 aliphatic carbocycles. The summed E-state index contributed by atoms with van der Waals surface area (Å²) in [4.78, 5) is 22.2. The molecule has 1 aliphatic heterocycles. The highest BCUT2D eigenvalue weighted by Crippen LogP contribution is 2.35. The summed E-state index contributed by atoms with van der Waals surface area (Å²) in [5.74, 6) is 0.295. The normalized spacial score (nSPS) is 16.9. The van der Waals surface area contributed by atoms with E-state index in [-0.39, 0.29) is 17.3 Å². The molecule has 1 aromatic heterocycles. The first-order valence-electron chi connectivity index (χ1n) is 10.9. The van der Waals surface area contributed by atoms with Crippen LogP contribution in [-0.2, 0) is 14.8 Å². The van der Waals surface area contributed by atoms with Gasteiger partial charge < -0.3 is 9.64 Å². The van der Waals surface area contributed by atoms with E-state index in [4.69, 9.17) is 16.3 Å². The molecule has 1 saturated heterocycles. The van der Waals surface area contributed by atoms with Crippen LogP contribution < -0.4 is 9.64 Å². The van der Waals surface area contributed by atoms with Gasteiger partial charge in [0.15, 0.2) is 5.13 Å². The number of amides is 1. The summed E-state index contributed by atoms with van der Waals surface area (Å²) in [7, 11) is 1.52. The fourth-order valence-electron chi connectivity index (χ4n) is 3.96. The fraction of sp³-hybridized carbons (Fsp3) is 0.391. The van der Waals surface area contributed by atoms with Crippen molar-refractivity contribution in [3.05, 3.63) is 47.5 Å². The van der Waals surface area contributed by atoms with Gasteiger partial charge in [-0.1, -0.05) is 29.0 Å². The zero-order chi connectivity index (χ0) is 24.5. The molecule has 2 aromatic carbocycles. The highest BCUT2D eigenvalue weighted by Gasteiger charge is 2.42. The third kappa shape index (κ3) is 4.92. The van der Waals surface area contributed by atoms with Crippen molar-refractivity contribution in [2.45, 2.75) is 23.8 Å². The number of carbonyl (C=O) groups is 1. The van der Waals surface area contributed by atoms with Gasteiger partial charge in [0.2, 0.25) is 15.9 Å². The Morgan fingerprint density at radius 1 is 1.21 bits per heavy atom. The molecule has 1 aliphatic rings. The maximum absolute atomic E-state index is 13.8. The molecule has 34 heavy (non-hydrogen) atoms. The zero-order valence-electron chi connectivity index (χ0n) is 19.3. The average Bonchev–Trinajstić information content (AvgIpc) is 3.47. The first-order chi connectivity index (χ1) is 16.2. The zero-order valence-corrected chi connectivity index (χ0v) is 21.7. The Balaban J connectivity index is 1.67. The van der Waals surface area contributed by atoms with Gasteiger partial charge in [0.25, 0.3) is 0 Å². The van der Waals surface area contributed by atoms with Gasteiger partial charge >= 0.3 is 0 Å². The summed E-state index contributed by atoms with van der Waals surface area (Å²) >= 11 is 7.69. The molecule has 11 heteroatoms. The van der Waals surface area contributed by atoms with Gasteiger partial charge in [-0.2, -0.15) is 4.31 Å². The summed E-state index contributed by atoms with van der Waals surface area (Å²) in [6.07, 6.45) is 1.07. The lowest BCUT2D eigenvalue weighted by Crippen LogP contribution is -2.49. The van der Waals surface area contributed by atoms with Crippen molar-refractivity contribution in [1.29, 1.82) is 0 Å². The molecule has 0 radical (unpaired) electrons. The number of sulfonamides is 1. The van der Waals surface area contributed by atoms with Crippen molar-refractivity contribution in [2.75, 3.05) is 45.7 Å². The summed E-state index contributed by atoms with van der Waals surface area (Å²) in [5.41, 5.74) is 0.640. The van der Waals surface area contributed by atoms with Crippen LogP contribution in [0.3, 0.4) is 0 Å². The van der Waals surface area contributed by atoms with Crippen molar-refractivity contribution < 1.29 is 17.9 Å². The van der Waals surface area contributed by atoms with Gasteiger partial charge in [-0.05, 0) is 63.3 Å². The molecule has 1 unspecified atom stereocenters. The molecule has 0 spiro atoms. The molecule has 0 saturated carbocycles. The fourth-order valence-corrected chi connectivity index (χ4v) is 6.90. The molecule has 182 valence electrons. The molecule has 3 aromatic rings. The number of hydrogen-bond acceptors (Lipinski definition) is 7. The van der Waals surface area contributed by atoms with E-state index in [1.807, 2.05) is 31.1 Å². The summed E-state index contributed by atoms with van der Waals surface area (Å²) < 4.78 is 34.2. The van der Waals surface area contributed by atoms with Crippen LogP contribution in [0.15, 0.2) is 47.4 Å². The predicted molar refractivity (Wildman–Crippen MR) is 135 cm³/mol. The second-order valence-corrected chi connectivity index (χ2v) is 11.6. The lowest BCUT2D eigenvalue weighted by molar-refractivity contribution is -0.121. The molecular formula is C23H27ClN4O4S2. The maximum Gasteiger partial charge on any atom is 0.247 e. The number of thiazole rings is 1. The highest BCUT2D eigenvalue weighted by atomic mass is 35.5. The van der Waals surface area contributed by atoms with Crippen LogP contribution in [0.25, 0.3) is 10.2 Å². The van der Waals surface area contributed by atoms with Crippen LogP contribution in [0.4, 0.5) is 5.13 Å². The van der Waals surface area contributed by atoms with Crippen LogP contribution in [0, 0.1) is 0 Å². The Bertz CT molecular complexity index is 1280. The number of hydrogen-bond donors (Lipinski definition) is 0. The van der Waals surface area contributed by atoms with E-state index >= 15 is 0 Å². The summed E-state index contributed by atoms with van der Waals surface area (Å²) in [6.45, 7) is 1.28. The third-order valence-electron chi connectivity index (χ3n) is 5.78. The Morgan fingerprint density at radius 3 is 2.59 bits per heavy atom. The van der Waals surface area contributed by atoms with E-state index in [2.05, 4.69) is 4.98 Å². The predicted octanol–water partition coefficient (Wildman–Crippen LogP) is 3.71. The summed E-state index contributed by atoms with van der Waals surface area (Å²) in [5, 5.41) is 1.04. The molecule has 4 rings (SSSR count). The molecule has 2 heterocycles. The minimum Gasteiger partial charge on any atom is -0.497 e. The number of halogens is 1. The Labute approximate surface area is 208 Å². The van der Waals surface area contributed by atoms with Gasteiger partial charge in [0, 0.05) is 19.6 Å². The minimum absolute atomic E-state index is 0.139. The quantitative estimate of drug-likeness (QED) is 0.448. The second-order valence-electron chi connectivity index (χ2n) is 8.33. The van der Waals surface area contributed by atoms with Gasteiger partial charge in [0.1, 0.15) is 17.3 Å². The number of methoxy groups -OCH3 is 1. The molecule has 1 fully saturated rings. The van der Waals surface area contributed by atoms with E-state index in [1.54, 1.807) is 23.1 Å². The van der Waals surface area contributed by atoms with Crippen molar-refractivity contribution in [3.8, 4) is 5.75 Å². The molecule has 0 N–H and O–H groups in total. The lowest BCUT2D eigenvalue weighted by atomic mass is 10.2. The van der Waals surface area contributed by atoms with Crippen LogP contribution in [0.5, 0.6) is 5.75 Å². The maximum atomic E-state index is 13.8. The van der Waals surface area contributed by atoms with Gasteiger partial charge in [-0.25, -0.2) is 13.4 Å². The Hall–Kier alpha value is -2.24. The Morgan fingerprint density at radius 2 is 1.94 bits per heavy atom. The largest absolute Gasteiger partial charge is 0.497 e. The van der Waals surface area contributed by atoms with Crippen LogP contribution >= 0.6 is 22.9 Å². The van der Waals surface area contributed by atoms with Gasteiger partial charge in [-0.3, -0.25) is 9.69 Å². The number of para-hydroxylation sites is 1. The third-order valence-corrected chi connectivity index (χ3v) is 9.05. The minimum atomic E-state index is -3.85. The molecule has 8 nitrogen and oxygen atoms in total. The number of benzene rings is 2. The molecule has 0 bridgehead atoms. The van der Waals surface area contributed by atoms with E-state index < -0.39 is 16.1 Å². The van der Waals surface area contributed by atoms with E-state index in [0.717, 1.165) is 4.70 Å². The number of carbonyl (C=O) groups excluding carboxylic acids is 1. The number of aromatic nitrogens is 1. The van der Waals surface area contributed by atoms with Crippen molar-refractivity contribution in [1.82, 2.24) is 14.2 Å². The number of ether oxygens (including phenoxy) is 1. The lowest BCUT2D eigenvalue weighted by Gasteiger charge is -2.29. The standard InChI is InChI=1S/C23H27ClN4O4S2/c1-26(2)14-15-27(23-25-21-18(24)6-4-8-20(21)33-23)22(29)19-7-5-13-28(19)34(30,31)17-11-9-16(32-3)10-12-17/h4,6,8-12,19H,5,7,13-15H2,1-3H3. The monoisotopic (exact) mass is 522 g/mol. The highest BCUT2D eigenvalue weighted by molar-refractivity contribution is 7.89. The van der Waals surface area contributed by atoms with Crippen LogP contribution in [0.1, 0.15) is 12.8 Å². The van der Waals surface area contributed by atoms with Crippen molar-refractivity contribution in [3.63, 3.8) is 0 Å². The second kappa shape index (κ2) is 10.2. The topological polar surface area (TPSA) is 83.0 Å². The van der Waals surface area contributed by atoms with Crippen LogP contribution in [-0.4, -0.2) is 75.4 Å². The smallest absolute Gasteiger partial charge is 0.247 e. The van der Waals surface area contributed by atoms with Crippen molar-refractivity contribution in [2.24, 2.45) is 0 Å². The van der Waals surface area contributed by atoms with Crippen LogP contribution in [0.2, 0.25) is 5.02 Å². The average molecular weight is 523 g/mol. The summed E-state index contributed by atoms with van der Waals surface area (Å²) in [6, 6.07) is 10.9. The number of anilines is 1. The van der Waals surface area contributed by atoms with E-state index in [1.165, 1.54) is 34.9 Å².